The number of benzene rings is 1. The summed E-state index contributed by atoms with van der Waals surface area (Å²) in [6.45, 7) is 7.71. The van der Waals surface area contributed by atoms with Crippen LogP contribution < -0.4 is 5.32 Å². The van der Waals surface area contributed by atoms with Gasteiger partial charge >= 0.3 is 0 Å². The Balaban J connectivity index is 1.86. The van der Waals surface area contributed by atoms with Crippen molar-refractivity contribution in [1.29, 1.82) is 0 Å². The highest BCUT2D eigenvalue weighted by Crippen LogP contribution is 2.29. The maximum Gasteiger partial charge on any atom is 0.0198 e. The van der Waals surface area contributed by atoms with Crippen LogP contribution in [0.15, 0.2) is 18.2 Å². The van der Waals surface area contributed by atoms with Gasteiger partial charge in [0.15, 0.2) is 0 Å². The molecule has 1 aliphatic rings. The van der Waals surface area contributed by atoms with E-state index in [1.165, 1.54) is 54.5 Å². The molecule has 0 spiro atoms. The highest BCUT2D eigenvalue weighted by atomic mass is 32.2. The van der Waals surface area contributed by atoms with E-state index < -0.39 is 0 Å². The quantitative estimate of drug-likeness (QED) is 0.769. The van der Waals surface area contributed by atoms with Gasteiger partial charge in [0.1, 0.15) is 0 Å². The highest BCUT2D eigenvalue weighted by Gasteiger charge is 2.16. The first-order valence-corrected chi connectivity index (χ1v) is 9.65. The van der Waals surface area contributed by atoms with Crippen LogP contribution in [0.25, 0.3) is 0 Å². The molecule has 1 saturated carbocycles. The van der Waals surface area contributed by atoms with Gasteiger partial charge in [-0.05, 0) is 56.3 Å². The predicted octanol–water partition coefficient (Wildman–Crippen LogP) is 4.89. The summed E-state index contributed by atoms with van der Waals surface area (Å²) >= 11 is 2.21. The summed E-state index contributed by atoms with van der Waals surface area (Å²) in [6.07, 6.45) is 8.38. The van der Waals surface area contributed by atoms with E-state index in [9.17, 15) is 0 Å². The smallest absolute Gasteiger partial charge is 0.0198 e. The van der Waals surface area contributed by atoms with Gasteiger partial charge in [-0.2, -0.15) is 11.8 Å². The molecule has 0 heterocycles. The third kappa shape index (κ3) is 5.67. The van der Waals surface area contributed by atoms with Gasteiger partial charge < -0.3 is 5.32 Å². The van der Waals surface area contributed by atoms with Crippen molar-refractivity contribution in [2.24, 2.45) is 0 Å². The predicted molar refractivity (Wildman–Crippen MR) is 96.4 cm³/mol. The van der Waals surface area contributed by atoms with E-state index in [-0.39, 0.29) is 0 Å². The molecule has 1 fully saturated rings. The Labute approximate surface area is 135 Å². The minimum absolute atomic E-state index is 0.615. The number of hydrogen-bond acceptors (Lipinski definition) is 2. The second kappa shape index (κ2) is 8.85. The summed E-state index contributed by atoms with van der Waals surface area (Å²) in [6, 6.07) is 7.55. The van der Waals surface area contributed by atoms with Crippen molar-refractivity contribution >= 4 is 11.8 Å². The first-order valence-electron chi connectivity index (χ1n) is 8.60. The van der Waals surface area contributed by atoms with Gasteiger partial charge in [0.2, 0.25) is 0 Å². The van der Waals surface area contributed by atoms with E-state index in [0.29, 0.717) is 6.04 Å². The summed E-state index contributed by atoms with van der Waals surface area (Å²) in [5, 5.41) is 4.60. The van der Waals surface area contributed by atoms with E-state index in [4.69, 9.17) is 0 Å². The molecule has 0 aliphatic heterocycles. The molecule has 2 heteroatoms. The monoisotopic (exact) mass is 305 g/mol. The lowest BCUT2D eigenvalue weighted by Crippen LogP contribution is -2.34. The van der Waals surface area contributed by atoms with Crippen LogP contribution in [0.2, 0.25) is 0 Å². The fourth-order valence-corrected chi connectivity index (χ4v) is 4.58. The molecule has 1 atom stereocenters. The Bertz CT molecular complexity index is 424. The molecule has 0 bridgehead atoms. The first kappa shape index (κ1) is 16.9. The second-order valence-corrected chi connectivity index (χ2v) is 7.80. The molecule has 21 heavy (non-hydrogen) atoms. The Hall–Kier alpha value is -0.470. The molecule has 0 amide bonds. The zero-order valence-corrected chi connectivity index (χ0v) is 14.8. The number of hydrogen-bond donors (Lipinski definition) is 1. The van der Waals surface area contributed by atoms with E-state index in [0.717, 1.165) is 18.2 Å². The van der Waals surface area contributed by atoms with Crippen LogP contribution in [0.4, 0.5) is 0 Å². The molecule has 1 unspecified atom stereocenters. The molecule has 118 valence electrons. The summed E-state index contributed by atoms with van der Waals surface area (Å²) in [5.74, 6) is 1.26. The number of likely N-dealkylation sites (N-methyl/N-ethyl adjacent to an activating group) is 1. The van der Waals surface area contributed by atoms with Gasteiger partial charge in [0.25, 0.3) is 0 Å². The third-order valence-electron chi connectivity index (χ3n) is 4.63. The maximum atomic E-state index is 3.68. The SMILES string of the molecule is CCNC(CSC1CCCCC1)Cc1ccc(C)c(C)c1. The fraction of sp³-hybridized carbons (Fsp3) is 0.684. The molecule has 1 N–H and O–H groups in total. The van der Waals surface area contributed by atoms with Gasteiger partial charge in [0.05, 0.1) is 0 Å². The van der Waals surface area contributed by atoms with Crippen LogP contribution in [0, 0.1) is 13.8 Å². The van der Waals surface area contributed by atoms with Gasteiger partial charge in [-0.3, -0.25) is 0 Å². The van der Waals surface area contributed by atoms with Crippen molar-refractivity contribution < 1.29 is 0 Å². The third-order valence-corrected chi connectivity index (χ3v) is 6.17. The Morgan fingerprint density at radius 2 is 1.90 bits per heavy atom. The van der Waals surface area contributed by atoms with Crippen molar-refractivity contribution in [3.8, 4) is 0 Å². The van der Waals surface area contributed by atoms with Crippen LogP contribution in [0.1, 0.15) is 55.7 Å². The lowest BCUT2D eigenvalue weighted by Gasteiger charge is -2.24. The summed E-state index contributed by atoms with van der Waals surface area (Å²) in [4.78, 5) is 0. The van der Waals surface area contributed by atoms with Crippen molar-refractivity contribution in [2.75, 3.05) is 12.3 Å². The molecule has 1 nitrogen and oxygen atoms in total. The van der Waals surface area contributed by atoms with Gasteiger partial charge in [-0.1, -0.05) is 44.4 Å². The number of rotatable bonds is 7. The van der Waals surface area contributed by atoms with Crippen LogP contribution in [0.5, 0.6) is 0 Å². The van der Waals surface area contributed by atoms with Crippen molar-refractivity contribution in [2.45, 2.75) is 70.6 Å². The van der Waals surface area contributed by atoms with Gasteiger partial charge in [-0.15, -0.1) is 0 Å². The Morgan fingerprint density at radius 1 is 1.14 bits per heavy atom. The second-order valence-electron chi connectivity index (χ2n) is 6.47. The zero-order chi connectivity index (χ0) is 15.1. The molecule has 1 aliphatic carbocycles. The first-order chi connectivity index (χ1) is 10.2. The Kier molecular flexibility index (Phi) is 7.12. The van der Waals surface area contributed by atoms with Crippen LogP contribution >= 0.6 is 11.8 Å². The average molecular weight is 306 g/mol. The van der Waals surface area contributed by atoms with E-state index in [1.54, 1.807) is 0 Å². The fourth-order valence-electron chi connectivity index (χ4n) is 3.18. The Morgan fingerprint density at radius 3 is 2.57 bits per heavy atom. The highest BCUT2D eigenvalue weighted by molar-refractivity contribution is 7.99. The summed E-state index contributed by atoms with van der Waals surface area (Å²) < 4.78 is 0. The van der Waals surface area contributed by atoms with Crippen molar-refractivity contribution in [3.63, 3.8) is 0 Å². The molecular weight excluding hydrogens is 274 g/mol. The molecular formula is C19H31NS. The molecule has 1 aromatic carbocycles. The standard InChI is InChI=1S/C19H31NS/c1-4-20-18(14-21-19-8-6-5-7-9-19)13-17-11-10-15(2)16(3)12-17/h10-12,18-20H,4-9,13-14H2,1-3H3. The maximum absolute atomic E-state index is 3.68. The van der Waals surface area contributed by atoms with E-state index in [2.05, 4.69) is 56.0 Å². The summed E-state index contributed by atoms with van der Waals surface area (Å²) in [5.41, 5.74) is 4.30. The lowest BCUT2D eigenvalue weighted by molar-refractivity contribution is 0.513. The molecule has 0 saturated heterocycles. The minimum Gasteiger partial charge on any atom is -0.313 e. The van der Waals surface area contributed by atoms with E-state index >= 15 is 0 Å². The van der Waals surface area contributed by atoms with Gasteiger partial charge in [-0.25, -0.2) is 0 Å². The number of thioether (sulfide) groups is 1. The zero-order valence-electron chi connectivity index (χ0n) is 14.0. The summed E-state index contributed by atoms with van der Waals surface area (Å²) in [7, 11) is 0. The largest absolute Gasteiger partial charge is 0.313 e. The van der Waals surface area contributed by atoms with Crippen molar-refractivity contribution in [3.05, 3.63) is 34.9 Å². The van der Waals surface area contributed by atoms with Crippen LogP contribution in [-0.2, 0) is 6.42 Å². The topological polar surface area (TPSA) is 12.0 Å². The molecule has 1 aromatic rings. The van der Waals surface area contributed by atoms with Gasteiger partial charge in [0, 0.05) is 17.0 Å². The minimum atomic E-state index is 0.615. The van der Waals surface area contributed by atoms with Crippen LogP contribution in [0.3, 0.4) is 0 Å². The van der Waals surface area contributed by atoms with Crippen LogP contribution in [-0.4, -0.2) is 23.6 Å². The molecule has 0 aromatic heterocycles. The molecule has 2 rings (SSSR count). The normalized spacial score (nSPS) is 17.9. The number of nitrogens with one attached hydrogen (secondary N) is 1. The molecule has 0 radical (unpaired) electrons. The number of aryl methyl sites for hydroxylation is 2. The lowest BCUT2D eigenvalue weighted by atomic mass is 10.0. The van der Waals surface area contributed by atoms with Crippen molar-refractivity contribution in [1.82, 2.24) is 5.32 Å². The van der Waals surface area contributed by atoms with E-state index in [1.807, 2.05) is 0 Å². The average Bonchev–Trinajstić information content (AvgIpc) is 2.50.